The third-order valence-electron chi connectivity index (χ3n) is 5.56. The van der Waals surface area contributed by atoms with E-state index in [0.29, 0.717) is 29.3 Å². The number of benzene rings is 2. The molecule has 0 aliphatic carbocycles. The largest absolute Gasteiger partial charge is 0.451 e. The summed E-state index contributed by atoms with van der Waals surface area (Å²) in [4.78, 5) is 5.82. The first-order chi connectivity index (χ1) is 18.7. The van der Waals surface area contributed by atoms with E-state index in [-0.39, 0.29) is 5.56 Å². The molecule has 1 atom stereocenters. The summed E-state index contributed by atoms with van der Waals surface area (Å²) in [5, 5.41) is 1.48. The van der Waals surface area contributed by atoms with Crippen molar-refractivity contribution >= 4 is 40.4 Å². The standard InChI is InChI=1S/C22H11Cl2F12N5/c23-11-5-10(20(28,29)30)6-12(24)14(11)41-17(37-7-8-1-3-9(4-2-8)19(25,26)27)13-15(21(31,32)33)38-18(22(34,35)36)39-16(13)40-41/h1-6,16,37,40H,7H2. The fraction of sp³-hybridized carbons (Fsp3) is 0.273. The van der Waals surface area contributed by atoms with Crippen molar-refractivity contribution in [3.8, 4) is 0 Å². The highest BCUT2D eigenvalue weighted by molar-refractivity contribution is 6.39. The van der Waals surface area contributed by atoms with Crippen LogP contribution in [0.3, 0.4) is 0 Å². The number of nitrogens with zero attached hydrogens (tertiary/aromatic N) is 3. The van der Waals surface area contributed by atoms with Gasteiger partial charge in [-0.25, -0.2) is 9.98 Å². The van der Waals surface area contributed by atoms with Gasteiger partial charge < -0.3 is 5.32 Å². The van der Waals surface area contributed by atoms with Gasteiger partial charge in [0.25, 0.3) is 0 Å². The zero-order valence-corrected chi connectivity index (χ0v) is 20.9. The van der Waals surface area contributed by atoms with Gasteiger partial charge in [-0.15, -0.1) is 0 Å². The Labute approximate surface area is 231 Å². The molecular formula is C22H11Cl2F12N5. The van der Waals surface area contributed by atoms with Gasteiger partial charge in [0.15, 0.2) is 5.71 Å². The first-order valence-electron chi connectivity index (χ1n) is 10.8. The monoisotopic (exact) mass is 643 g/mol. The summed E-state index contributed by atoms with van der Waals surface area (Å²) in [5.41, 5.74) is -3.76. The number of amidine groups is 1. The molecule has 5 nitrogen and oxygen atoms in total. The zero-order chi connectivity index (χ0) is 30.7. The van der Waals surface area contributed by atoms with Gasteiger partial charge >= 0.3 is 24.7 Å². The lowest BCUT2D eigenvalue weighted by Gasteiger charge is -2.26. The molecule has 0 bridgehead atoms. The van der Waals surface area contributed by atoms with Crippen molar-refractivity contribution in [2.45, 2.75) is 37.4 Å². The second-order valence-corrected chi connectivity index (χ2v) is 9.19. The molecule has 2 aliphatic rings. The van der Waals surface area contributed by atoms with Crippen LogP contribution in [0, 0.1) is 0 Å². The van der Waals surface area contributed by atoms with Crippen LogP contribution in [0.2, 0.25) is 10.0 Å². The van der Waals surface area contributed by atoms with E-state index < -0.39 is 87.2 Å². The van der Waals surface area contributed by atoms with E-state index in [4.69, 9.17) is 23.2 Å². The predicted molar refractivity (Wildman–Crippen MR) is 123 cm³/mol. The van der Waals surface area contributed by atoms with Crippen molar-refractivity contribution in [3.63, 3.8) is 0 Å². The number of aliphatic imine (C=N–C) groups is 2. The molecule has 0 amide bonds. The molecule has 0 saturated heterocycles. The molecule has 4 rings (SSSR count). The smallest absolute Gasteiger partial charge is 0.366 e. The average Bonchev–Trinajstić information content (AvgIpc) is 3.17. The van der Waals surface area contributed by atoms with Gasteiger partial charge in [-0.3, -0.25) is 5.01 Å². The molecule has 41 heavy (non-hydrogen) atoms. The minimum atomic E-state index is -5.49. The van der Waals surface area contributed by atoms with Crippen LogP contribution < -0.4 is 15.8 Å². The first-order valence-corrected chi connectivity index (χ1v) is 11.5. The number of halogens is 14. The van der Waals surface area contributed by atoms with Gasteiger partial charge in [0, 0.05) is 6.54 Å². The van der Waals surface area contributed by atoms with Crippen molar-refractivity contribution < 1.29 is 52.7 Å². The molecule has 2 aliphatic heterocycles. The van der Waals surface area contributed by atoms with E-state index in [0.717, 1.165) is 12.1 Å². The van der Waals surface area contributed by atoms with Crippen molar-refractivity contribution in [2.75, 3.05) is 5.01 Å². The van der Waals surface area contributed by atoms with Crippen LogP contribution >= 0.6 is 23.2 Å². The second-order valence-electron chi connectivity index (χ2n) is 8.37. The quantitative estimate of drug-likeness (QED) is 0.337. The van der Waals surface area contributed by atoms with E-state index in [2.05, 4.69) is 20.7 Å². The summed E-state index contributed by atoms with van der Waals surface area (Å²) in [6.45, 7) is -0.515. The summed E-state index contributed by atoms with van der Waals surface area (Å²) >= 11 is 12.0. The third kappa shape index (κ3) is 6.35. The van der Waals surface area contributed by atoms with Gasteiger partial charge in [0.05, 0.1) is 32.4 Å². The maximum atomic E-state index is 14.0. The molecule has 0 aromatic heterocycles. The third-order valence-corrected chi connectivity index (χ3v) is 6.14. The maximum absolute atomic E-state index is 14.0. The molecule has 2 aromatic carbocycles. The normalized spacial score (nSPS) is 18.4. The summed E-state index contributed by atoms with van der Waals surface area (Å²) in [5.74, 6) is -2.88. The van der Waals surface area contributed by atoms with Crippen LogP contribution in [-0.4, -0.2) is 30.1 Å². The molecule has 0 fully saturated rings. The predicted octanol–water partition coefficient (Wildman–Crippen LogP) is 7.66. The van der Waals surface area contributed by atoms with Gasteiger partial charge in [0.1, 0.15) is 12.0 Å². The van der Waals surface area contributed by atoms with E-state index >= 15 is 0 Å². The van der Waals surface area contributed by atoms with E-state index in [1.165, 1.54) is 0 Å². The highest BCUT2D eigenvalue weighted by atomic mass is 35.5. The number of hydrogen-bond donors (Lipinski definition) is 2. The van der Waals surface area contributed by atoms with Crippen LogP contribution in [0.1, 0.15) is 16.7 Å². The number of fused-ring (bicyclic) bond motifs is 1. The van der Waals surface area contributed by atoms with Gasteiger partial charge in [-0.05, 0) is 29.8 Å². The van der Waals surface area contributed by atoms with Gasteiger partial charge in [-0.2, -0.15) is 58.1 Å². The fourth-order valence-corrected chi connectivity index (χ4v) is 4.45. The van der Waals surface area contributed by atoms with E-state index in [1.807, 2.05) is 0 Å². The summed E-state index contributed by atoms with van der Waals surface area (Å²) < 4.78 is 160. The summed E-state index contributed by atoms with van der Waals surface area (Å²) in [7, 11) is 0. The molecule has 2 aromatic rings. The van der Waals surface area contributed by atoms with Crippen molar-refractivity contribution in [1.29, 1.82) is 0 Å². The maximum Gasteiger partial charge on any atom is 0.451 e. The summed E-state index contributed by atoms with van der Waals surface area (Å²) in [6, 6.07) is 4.07. The van der Waals surface area contributed by atoms with E-state index in [1.54, 1.807) is 0 Å². The van der Waals surface area contributed by atoms with E-state index in [9.17, 15) is 52.7 Å². The number of hydrazine groups is 1. The molecule has 0 radical (unpaired) electrons. The number of anilines is 1. The van der Waals surface area contributed by atoms with Crippen LogP contribution in [0.5, 0.6) is 0 Å². The lowest BCUT2D eigenvalue weighted by molar-refractivity contribution is -0.138. The number of nitrogens with one attached hydrogen (secondary N) is 2. The molecule has 2 heterocycles. The fourth-order valence-electron chi connectivity index (χ4n) is 3.80. The second kappa shape index (κ2) is 10.3. The Morgan fingerprint density at radius 3 is 1.76 bits per heavy atom. The van der Waals surface area contributed by atoms with Crippen LogP contribution in [0.4, 0.5) is 58.4 Å². The van der Waals surface area contributed by atoms with Gasteiger partial charge in [0.2, 0.25) is 5.84 Å². The SMILES string of the molecule is FC(F)(F)C1=NC2NN(c3c(Cl)cc(C(F)(F)F)cc3Cl)C(NCc3ccc(C(F)(F)F)cc3)=C2C(C(F)(F)F)=N1. The lowest BCUT2D eigenvalue weighted by atomic mass is 10.1. The molecule has 1 unspecified atom stereocenters. The average molecular weight is 644 g/mol. The lowest BCUT2D eigenvalue weighted by Crippen LogP contribution is -2.43. The molecular weight excluding hydrogens is 633 g/mol. The van der Waals surface area contributed by atoms with Crippen molar-refractivity contribution in [1.82, 2.24) is 10.7 Å². The molecule has 2 N–H and O–H groups in total. The topological polar surface area (TPSA) is 52.0 Å². The number of alkyl halides is 12. The number of rotatable bonds is 4. The van der Waals surface area contributed by atoms with Crippen LogP contribution in [-0.2, 0) is 18.9 Å². The Morgan fingerprint density at radius 2 is 1.29 bits per heavy atom. The van der Waals surface area contributed by atoms with Gasteiger partial charge in [-0.1, -0.05) is 35.3 Å². The van der Waals surface area contributed by atoms with Crippen molar-refractivity contribution in [2.24, 2.45) is 9.98 Å². The highest BCUT2D eigenvalue weighted by Crippen LogP contribution is 2.44. The zero-order valence-electron chi connectivity index (χ0n) is 19.4. The molecule has 222 valence electrons. The Bertz CT molecular complexity index is 1410. The first kappa shape index (κ1) is 30.8. The molecule has 0 saturated carbocycles. The minimum absolute atomic E-state index is 0.0694. The Balaban J connectivity index is 1.85. The highest BCUT2D eigenvalue weighted by Gasteiger charge is 2.52. The Morgan fingerprint density at radius 1 is 0.756 bits per heavy atom. The minimum Gasteiger partial charge on any atom is -0.366 e. The Hall–Kier alpha value is -3.18. The van der Waals surface area contributed by atoms with Crippen molar-refractivity contribution in [3.05, 3.63) is 74.5 Å². The summed E-state index contributed by atoms with van der Waals surface area (Å²) in [6.07, 6.45) is -22.7. The number of hydrogen-bond acceptors (Lipinski definition) is 5. The van der Waals surface area contributed by atoms with Crippen LogP contribution in [0.15, 0.2) is 57.8 Å². The van der Waals surface area contributed by atoms with Crippen LogP contribution in [0.25, 0.3) is 0 Å². The Kier molecular flexibility index (Phi) is 7.71. The molecule has 19 heteroatoms. The molecule has 0 spiro atoms.